The Labute approximate surface area is 104 Å². The Balaban J connectivity index is -0.0000000825. The molecule has 0 fully saturated rings. The Hall–Kier alpha value is -1.22. The van der Waals surface area contributed by atoms with E-state index in [-0.39, 0.29) is 14.9 Å². The fraction of sp³-hybridized carbons (Fsp3) is 0.500. The van der Waals surface area contributed by atoms with Crippen molar-refractivity contribution in [2.75, 3.05) is 0 Å². The van der Waals surface area contributed by atoms with Crippen LogP contribution in [0.4, 0.5) is 0 Å². The minimum Gasteiger partial charge on any atom is -0.0877 e. The number of hydrogen-bond donors (Lipinski definition) is 0. The average molecular weight is 222 g/mol. The number of rotatable bonds is 0. The molecule has 0 saturated carbocycles. The van der Waals surface area contributed by atoms with E-state index in [1.807, 2.05) is 13.8 Å². The molecular formula is C16H30. The zero-order chi connectivity index (χ0) is 11.7. The third-order valence-corrected chi connectivity index (χ3v) is 1.49. The average Bonchev–Trinajstić information content (AvgIpc) is 2.01. The summed E-state index contributed by atoms with van der Waals surface area (Å²) in [6, 6.07) is 0. The molecule has 0 aliphatic rings. The molecule has 16 heavy (non-hydrogen) atoms. The smallest absolute Gasteiger partial charge is 0.00789 e. The lowest BCUT2D eigenvalue weighted by Crippen LogP contribution is -1.66. The summed E-state index contributed by atoms with van der Waals surface area (Å²) in [5.74, 6) is 5.60. The normalized spacial score (nSPS) is 6.38. The van der Waals surface area contributed by atoms with Crippen molar-refractivity contribution in [3.05, 3.63) is 35.5 Å². The van der Waals surface area contributed by atoms with E-state index in [9.17, 15) is 0 Å². The van der Waals surface area contributed by atoms with Crippen LogP contribution >= 0.6 is 0 Å². The van der Waals surface area contributed by atoms with E-state index in [0.29, 0.717) is 0 Å². The van der Waals surface area contributed by atoms with Crippen LogP contribution in [0.5, 0.6) is 0 Å². The van der Waals surface area contributed by atoms with Gasteiger partial charge in [-0.25, -0.2) is 0 Å². The van der Waals surface area contributed by atoms with E-state index in [4.69, 9.17) is 0 Å². The molecule has 0 radical (unpaired) electrons. The van der Waals surface area contributed by atoms with Gasteiger partial charge >= 0.3 is 0 Å². The van der Waals surface area contributed by atoms with Gasteiger partial charge in [0.1, 0.15) is 0 Å². The van der Waals surface area contributed by atoms with Crippen LogP contribution in [0.3, 0.4) is 0 Å². The molecule has 0 bridgehead atoms. The minimum atomic E-state index is 0. The van der Waals surface area contributed by atoms with Crippen LogP contribution in [-0.4, -0.2) is 0 Å². The molecule has 0 saturated heterocycles. The predicted molar refractivity (Wildman–Crippen MR) is 80.6 cm³/mol. The van der Waals surface area contributed by atoms with Crippen molar-refractivity contribution in [3.63, 3.8) is 0 Å². The predicted octanol–water partition coefficient (Wildman–Crippen LogP) is 5.78. The molecule has 0 spiro atoms. The van der Waals surface area contributed by atoms with Gasteiger partial charge in [0.15, 0.2) is 0 Å². The van der Waals surface area contributed by atoms with Crippen LogP contribution in [0.2, 0.25) is 0 Å². The molecule has 0 heterocycles. The van der Waals surface area contributed by atoms with Gasteiger partial charge in [-0.15, -0.1) is 0 Å². The Morgan fingerprint density at radius 3 is 0.875 bits per heavy atom. The van der Waals surface area contributed by atoms with E-state index in [2.05, 4.69) is 52.7 Å². The van der Waals surface area contributed by atoms with Crippen molar-refractivity contribution in [1.29, 1.82) is 0 Å². The quantitative estimate of drug-likeness (QED) is 0.360. The summed E-state index contributed by atoms with van der Waals surface area (Å²) >= 11 is 0. The molecule has 0 rings (SSSR count). The van der Waals surface area contributed by atoms with Gasteiger partial charge < -0.3 is 0 Å². The lowest BCUT2D eigenvalue weighted by atomic mass is 10.2. The Morgan fingerprint density at radius 2 is 0.812 bits per heavy atom. The van der Waals surface area contributed by atoms with Gasteiger partial charge in [0, 0.05) is 0 Å². The molecule has 0 aromatic carbocycles. The summed E-state index contributed by atoms with van der Waals surface area (Å²) in [6.45, 7) is 19.4. The maximum atomic E-state index is 3.61. The molecule has 0 aliphatic heterocycles. The molecular weight excluding hydrogens is 192 g/mol. The highest BCUT2D eigenvalue weighted by Gasteiger charge is 1.75. The van der Waals surface area contributed by atoms with Crippen LogP contribution < -0.4 is 0 Å². The standard InChI is InChI=1S/C8H10.C6H12.2CH4/c1-7(2)5-6-8(3)4;1-5(2)6(3)4;;/h1,3H2,2,4H3;1-4H3;2*1H4. The first-order valence-corrected chi connectivity index (χ1v) is 4.71. The van der Waals surface area contributed by atoms with Crippen molar-refractivity contribution >= 4 is 0 Å². The molecule has 0 aromatic rings. The van der Waals surface area contributed by atoms with Crippen LogP contribution in [0, 0.1) is 11.8 Å². The van der Waals surface area contributed by atoms with E-state index < -0.39 is 0 Å². The molecule has 0 heteroatoms. The highest BCUT2D eigenvalue weighted by atomic mass is 13.8. The third-order valence-electron chi connectivity index (χ3n) is 1.49. The summed E-state index contributed by atoms with van der Waals surface area (Å²) in [5, 5.41) is 0. The van der Waals surface area contributed by atoms with Crippen molar-refractivity contribution in [1.82, 2.24) is 0 Å². The van der Waals surface area contributed by atoms with Gasteiger partial charge in [0.05, 0.1) is 0 Å². The summed E-state index contributed by atoms with van der Waals surface area (Å²) < 4.78 is 0. The highest BCUT2D eigenvalue weighted by Crippen LogP contribution is 1.97. The maximum Gasteiger partial charge on any atom is -0.00789 e. The molecule has 0 unspecified atom stereocenters. The van der Waals surface area contributed by atoms with Crippen molar-refractivity contribution in [3.8, 4) is 11.8 Å². The van der Waals surface area contributed by atoms with E-state index >= 15 is 0 Å². The second-order valence-electron chi connectivity index (χ2n) is 3.81. The second-order valence-corrected chi connectivity index (χ2v) is 3.81. The molecule has 0 N–H and O–H groups in total. The fourth-order valence-electron chi connectivity index (χ4n) is 0.213. The lowest BCUT2D eigenvalue weighted by Gasteiger charge is -1.88. The zero-order valence-electron chi connectivity index (χ0n) is 10.4. The minimum absolute atomic E-state index is 0. The van der Waals surface area contributed by atoms with Crippen LogP contribution in [0.25, 0.3) is 0 Å². The Morgan fingerprint density at radius 1 is 0.625 bits per heavy atom. The maximum absolute atomic E-state index is 3.61. The first kappa shape index (κ1) is 24.2. The summed E-state index contributed by atoms with van der Waals surface area (Å²) in [6.07, 6.45) is 0. The highest BCUT2D eigenvalue weighted by molar-refractivity contribution is 5.32. The van der Waals surface area contributed by atoms with Crippen molar-refractivity contribution < 1.29 is 0 Å². The van der Waals surface area contributed by atoms with Gasteiger partial charge in [-0.3, -0.25) is 0 Å². The third kappa shape index (κ3) is 29.3. The van der Waals surface area contributed by atoms with E-state index in [0.717, 1.165) is 11.1 Å². The Kier molecular flexibility index (Phi) is 20.8. The van der Waals surface area contributed by atoms with Crippen LogP contribution in [-0.2, 0) is 0 Å². The number of hydrogen-bond acceptors (Lipinski definition) is 0. The van der Waals surface area contributed by atoms with E-state index in [1.54, 1.807) is 0 Å². The van der Waals surface area contributed by atoms with Gasteiger partial charge in [-0.2, -0.15) is 0 Å². The van der Waals surface area contributed by atoms with Gasteiger partial charge in [-0.05, 0) is 52.7 Å². The molecule has 0 aliphatic carbocycles. The largest absolute Gasteiger partial charge is 0.0877 e. The monoisotopic (exact) mass is 222 g/mol. The van der Waals surface area contributed by atoms with E-state index in [1.165, 1.54) is 11.1 Å². The number of allylic oxidation sites excluding steroid dienone is 4. The summed E-state index contributed by atoms with van der Waals surface area (Å²) in [4.78, 5) is 0. The second kappa shape index (κ2) is 13.8. The van der Waals surface area contributed by atoms with Gasteiger partial charge in [0.25, 0.3) is 0 Å². The van der Waals surface area contributed by atoms with Crippen molar-refractivity contribution in [2.24, 2.45) is 0 Å². The molecule has 0 atom stereocenters. The molecule has 0 nitrogen and oxygen atoms in total. The van der Waals surface area contributed by atoms with Gasteiger partial charge in [0.2, 0.25) is 0 Å². The SMILES string of the molecule is C.C.C=C(C)C#CC(=C)C.CC(C)=C(C)C. The molecule has 0 aromatic heterocycles. The summed E-state index contributed by atoms with van der Waals surface area (Å²) in [7, 11) is 0. The van der Waals surface area contributed by atoms with Crippen molar-refractivity contribution in [2.45, 2.75) is 56.4 Å². The summed E-state index contributed by atoms with van der Waals surface area (Å²) in [5.41, 5.74) is 4.62. The zero-order valence-corrected chi connectivity index (χ0v) is 10.4. The topological polar surface area (TPSA) is 0 Å². The van der Waals surface area contributed by atoms with Crippen LogP contribution in [0.1, 0.15) is 56.4 Å². The molecule has 0 amide bonds. The van der Waals surface area contributed by atoms with Gasteiger partial charge in [-0.1, -0.05) is 51.0 Å². The fourth-order valence-corrected chi connectivity index (χ4v) is 0.213. The lowest BCUT2D eigenvalue weighted by molar-refractivity contribution is 1.23. The molecule has 94 valence electrons. The van der Waals surface area contributed by atoms with Crippen LogP contribution in [0.15, 0.2) is 35.5 Å². The first-order valence-electron chi connectivity index (χ1n) is 4.71. The first-order chi connectivity index (χ1) is 6.27. The Bertz CT molecular complexity index is 254.